The Balaban J connectivity index is 0. The fourth-order valence-electron chi connectivity index (χ4n) is 0. The minimum atomic E-state index is 0.713. The highest BCUT2D eigenvalue weighted by molar-refractivity contribution is 7.84. The molecular weight excluding hydrogens is 140 g/mol. The van der Waals surface area contributed by atoms with Gasteiger partial charge < -0.3 is 0 Å². The Morgan fingerprint density at radius 2 is 1.40 bits per heavy atom. The first kappa shape index (κ1) is 12.0. The first-order valence-electron chi connectivity index (χ1n) is 2.82. The van der Waals surface area contributed by atoms with Crippen LogP contribution >= 0.6 is 12.6 Å². The second kappa shape index (κ2) is 8.31. The zero-order valence-electron chi connectivity index (χ0n) is 6.43. The lowest BCUT2D eigenvalue weighted by atomic mass is 10.4. The van der Waals surface area contributed by atoms with E-state index in [9.17, 15) is 0 Å². The first-order valence-corrected chi connectivity index (χ1v) is 3.27. The van der Waals surface area contributed by atoms with Gasteiger partial charge in [-0.15, -0.1) is 12.6 Å². The maximum absolute atomic E-state index is 3.79. The maximum atomic E-state index is 3.79. The highest BCUT2D eigenvalue weighted by Crippen LogP contribution is 1.91. The third kappa shape index (κ3) is 26.6. The molecule has 10 heavy (non-hydrogen) atoms. The molecule has 0 aromatic heterocycles. The van der Waals surface area contributed by atoms with Crippen molar-refractivity contribution < 1.29 is 0 Å². The van der Waals surface area contributed by atoms with Crippen molar-refractivity contribution in [1.82, 2.24) is 0 Å². The third-order valence-electron chi connectivity index (χ3n) is 0.584. The Morgan fingerprint density at radius 3 is 1.40 bits per heavy atom. The largest absolute Gasteiger partial charge is 0.144 e. The van der Waals surface area contributed by atoms with Crippen molar-refractivity contribution in [3.05, 3.63) is 48.9 Å². The fraction of sp³-hybridized carbons (Fsp3) is 0.111. The molecule has 0 aromatic carbocycles. The smallest absolute Gasteiger partial charge is 0.00379 e. The summed E-state index contributed by atoms with van der Waals surface area (Å²) in [6.45, 7) is 15.7. The predicted octanol–water partition coefficient (Wildman–Crippen LogP) is 3.36. The van der Waals surface area contributed by atoms with Crippen molar-refractivity contribution >= 4 is 12.6 Å². The van der Waals surface area contributed by atoms with Crippen LogP contribution in [-0.2, 0) is 0 Å². The molecule has 0 aromatic rings. The molecular formula is C9H14S. The minimum Gasteiger partial charge on any atom is -0.144 e. The van der Waals surface area contributed by atoms with Crippen LogP contribution in [0.4, 0.5) is 0 Å². The zero-order valence-corrected chi connectivity index (χ0v) is 7.32. The van der Waals surface area contributed by atoms with E-state index in [1.807, 2.05) is 6.92 Å². The molecule has 0 radical (unpaired) electrons. The van der Waals surface area contributed by atoms with E-state index in [1.54, 1.807) is 12.2 Å². The van der Waals surface area contributed by atoms with Gasteiger partial charge >= 0.3 is 0 Å². The van der Waals surface area contributed by atoms with Gasteiger partial charge in [-0.05, 0) is 11.8 Å². The van der Waals surface area contributed by atoms with Gasteiger partial charge in [0.15, 0.2) is 0 Å². The number of thiol groups is 1. The van der Waals surface area contributed by atoms with Crippen LogP contribution in [0.5, 0.6) is 0 Å². The van der Waals surface area contributed by atoms with E-state index >= 15 is 0 Å². The average molecular weight is 154 g/mol. The number of hydrogen-bond donors (Lipinski definition) is 1. The molecule has 0 fully saturated rings. The SMILES string of the molecule is C=CC(=C)C.C=CC(=C)S. The number of allylic oxidation sites excluding steroid dienone is 3. The number of rotatable bonds is 2. The molecule has 1 heteroatoms. The first-order chi connectivity index (χ1) is 4.54. The van der Waals surface area contributed by atoms with Gasteiger partial charge in [0.1, 0.15) is 0 Å². The van der Waals surface area contributed by atoms with Gasteiger partial charge in [-0.2, -0.15) is 0 Å². The Kier molecular flexibility index (Phi) is 10.00. The lowest BCUT2D eigenvalue weighted by molar-refractivity contribution is 1.58. The molecule has 0 atom stereocenters. The van der Waals surface area contributed by atoms with Gasteiger partial charge in [-0.1, -0.05) is 44.0 Å². The Bertz CT molecular complexity index is 125. The van der Waals surface area contributed by atoms with Gasteiger partial charge in [0.25, 0.3) is 0 Å². The van der Waals surface area contributed by atoms with E-state index in [4.69, 9.17) is 0 Å². The molecule has 0 N–H and O–H groups in total. The van der Waals surface area contributed by atoms with E-state index < -0.39 is 0 Å². The summed E-state index contributed by atoms with van der Waals surface area (Å²) >= 11 is 3.79. The van der Waals surface area contributed by atoms with E-state index in [0.29, 0.717) is 4.91 Å². The monoisotopic (exact) mass is 154 g/mol. The summed E-state index contributed by atoms with van der Waals surface area (Å²) in [7, 11) is 0. The molecule has 0 amide bonds. The summed E-state index contributed by atoms with van der Waals surface area (Å²) in [4.78, 5) is 0.713. The van der Waals surface area contributed by atoms with Crippen LogP contribution in [0.25, 0.3) is 0 Å². The van der Waals surface area contributed by atoms with Crippen molar-refractivity contribution in [3.63, 3.8) is 0 Å². The molecule has 0 saturated heterocycles. The topological polar surface area (TPSA) is 0 Å². The summed E-state index contributed by atoms with van der Waals surface area (Å²) in [6, 6.07) is 0. The van der Waals surface area contributed by atoms with Gasteiger partial charge in [0, 0.05) is 0 Å². The fourth-order valence-corrected chi connectivity index (χ4v) is 0. The number of hydrogen-bond acceptors (Lipinski definition) is 1. The molecule has 0 aliphatic carbocycles. The van der Waals surface area contributed by atoms with Crippen LogP contribution in [-0.4, -0.2) is 0 Å². The van der Waals surface area contributed by atoms with Gasteiger partial charge in [0.2, 0.25) is 0 Å². The standard InChI is InChI=1S/C5H8.C4H6S/c1-4-5(2)3;1-3-4(2)5/h4H,1-2H2,3H3;3,5H,1-2H2. The second-order valence-corrected chi connectivity index (χ2v) is 2.32. The minimum absolute atomic E-state index is 0.713. The van der Waals surface area contributed by atoms with E-state index in [1.165, 1.54) is 0 Å². The van der Waals surface area contributed by atoms with Gasteiger partial charge in [-0.25, -0.2) is 0 Å². The summed E-state index contributed by atoms with van der Waals surface area (Å²) in [5.41, 5.74) is 1.02. The highest BCUT2D eigenvalue weighted by atomic mass is 32.1. The Labute approximate surface area is 69.1 Å². The lowest BCUT2D eigenvalue weighted by Crippen LogP contribution is -1.50. The van der Waals surface area contributed by atoms with Crippen molar-refractivity contribution in [3.8, 4) is 0 Å². The van der Waals surface area contributed by atoms with Gasteiger partial charge in [0.05, 0.1) is 0 Å². The molecule has 0 nitrogen and oxygen atoms in total. The quantitative estimate of drug-likeness (QED) is 0.457. The molecule has 56 valence electrons. The molecule has 0 spiro atoms. The van der Waals surface area contributed by atoms with Crippen LogP contribution in [0, 0.1) is 0 Å². The molecule has 0 unspecified atom stereocenters. The predicted molar refractivity (Wildman–Crippen MR) is 53.3 cm³/mol. The third-order valence-corrected chi connectivity index (χ3v) is 0.767. The normalized spacial score (nSPS) is 6.60. The van der Waals surface area contributed by atoms with Crippen LogP contribution in [0.2, 0.25) is 0 Å². The molecule has 0 aliphatic heterocycles. The van der Waals surface area contributed by atoms with Crippen LogP contribution < -0.4 is 0 Å². The Morgan fingerprint density at radius 1 is 1.20 bits per heavy atom. The maximum Gasteiger partial charge on any atom is -0.00379 e. The summed E-state index contributed by atoms with van der Waals surface area (Å²) in [6.07, 6.45) is 3.31. The molecule has 0 aliphatic rings. The van der Waals surface area contributed by atoms with Crippen molar-refractivity contribution in [2.75, 3.05) is 0 Å². The summed E-state index contributed by atoms with van der Waals surface area (Å²) in [5, 5.41) is 0. The van der Waals surface area contributed by atoms with Crippen LogP contribution in [0.1, 0.15) is 6.92 Å². The van der Waals surface area contributed by atoms with Gasteiger partial charge in [-0.3, -0.25) is 0 Å². The summed E-state index contributed by atoms with van der Waals surface area (Å²) in [5.74, 6) is 0. The summed E-state index contributed by atoms with van der Waals surface area (Å²) < 4.78 is 0. The van der Waals surface area contributed by atoms with Crippen molar-refractivity contribution in [1.29, 1.82) is 0 Å². The molecule has 0 saturated carbocycles. The second-order valence-electron chi connectivity index (χ2n) is 1.75. The van der Waals surface area contributed by atoms with E-state index in [-0.39, 0.29) is 0 Å². The lowest BCUT2D eigenvalue weighted by Gasteiger charge is -1.71. The van der Waals surface area contributed by atoms with E-state index in [2.05, 4.69) is 38.9 Å². The zero-order chi connectivity index (χ0) is 8.57. The Hall–Kier alpha value is -0.690. The highest BCUT2D eigenvalue weighted by Gasteiger charge is 1.60. The van der Waals surface area contributed by atoms with Crippen LogP contribution in [0.3, 0.4) is 0 Å². The average Bonchev–Trinajstić information content (AvgIpc) is 1.89. The van der Waals surface area contributed by atoms with Crippen LogP contribution in [0.15, 0.2) is 48.9 Å². The molecule has 0 bridgehead atoms. The van der Waals surface area contributed by atoms with Crippen molar-refractivity contribution in [2.24, 2.45) is 0 Å². The van der Waals surface area contributed by atoms with Crippen molar-refractivity contribution in [2.45, 2.75) is 6.92 Å². The van der Waals surface area contributed by atoms with E-state index in [0.717, 1.165) is 5.57 Å². The molecule has 0 heterocycles. The molecule has 0 rings (SSSR count).